The van der Waals surface area contributed by atoms with Gasteiger partial charge in [0.1, 0.15) is 0 Å². The number of nitrogens with one attached hydrogen (secondary N) is 1. The molecule has 2 rings (SSSR count). The predicted octanol–water partition coefficient (Wildman–Crippen LogP) is 2.58. The first kappa shape index (κ1) is 11.4. The van der Waals surface area contributed by atoms with Crippen LogP contribution in [-0.4, -0.2) is 25.3 Å². The monoisotopic (exact) mass is 211 g/mol. The lowest BCUT2D eigenvalue weighted by Crippen LogP contribution is -2.40. The van der Waals surface area contributed by atoms with Gasteiger partial charge in [-0.1, -0.05) is 19.8 Å². The zero-order valence-electron chi connectivity index (χ0n) is 10.2. The summed E-state index contributed by atoms with van der Waals surface area (Å²) in [5.74, 6) is 1.87. The predicted molar refractivity (Wildman–Crippen MR) is 62.9 cm³/mol. The topological polar surface area (TPSA) is 21.3 Å². The van der Waals surface area contributed by atoms with Crippen LogP contribution in [0.3, 0.4) is 0 Å². The fourth-order valence-electron chi connectivity index (χ4n) is 3.03. The molecule has 0 aromatic heterocycles. The Labute approximate surface area is 93.8 Å². The van der Waals surface area contributed by atoms with E-state index >= 15 is 0 Å². The lowest BCUT2D eigenvalue weighted by atomic mass is 9.96. The van der Waals surface area contributed by atoms with Crippen LogP contribution >= 0.6 is 0 Å². The Morgan fingerprint density at radius 1 is 1.20 bits per heavy atom. The fourth-order valence-corrected chi connectivity index (χ4v) is 3.03. The largest absolute Gasteiger partial charge is 0.378 e. The van der Waals surface area contributed by atoms with Crippen LogP contribution in [0.25, 0.3) is 0 Å². The van der Waals surface area contributed by atoms with Crippen LogP contribution in [0, 0.1) is 11.8 Å². The molecule has 4 unspecified atom stereocenters. The molecule has 0 aromatic rings. The third-order valence-corrected chi connectivity index (χ3v) is 4.19. The van der Waals surface area contributed by atoms with Gasteiger partial charge < -0.3 is 10.1 Å². The van der Waals surface area contributed by atoms with Gasteiger partial charge in [0, 0.05) is 12.6 Å². The summed E-state index contributed by atoms with van der Waals surface area (Å²) in [6, 6.07) is 0.710. The minimum atomic E-state index is 0.456. The van der Waals surface area contributed by atoms with E-state index in [2.05, 4.69) is 19.2 Å². The summed E-state index contributed by atoms with van der Waals surface area (Å²) in [6.45, 7) is 6.77. The van der Waals surface area contributed by atoms with Crippen LogP contribution in [0.5, 0.6) is 0 Å². The second kappa shape index (κ2) is 5.31. The Kier molecular flexibility index (Phi) is 4.04. The van der Waals surface area contributed by atoms with Crippen molar-refractivity contribution in [2.24, 2.45) is 11.8 Å². The Hall–Kier alpha value is -0.0800. The van der Waals surface area contributed by atoms with Gasteiger partial charge in [-0.3, -0.25) is 0 Å². The Balaban J connectivity index is 1.68. The average molecular weight is 211 g/mol. The molecule has 1 N–H and O–H groups in total. The summed E-state index contributed by atoms with van der Waals surface area (Å²) in [5, 5.41) is 3.74. The molecule has 0 aromatic carbocycles. The molecular weight excluding hydrogens is 186 g/mol. The lowest BCUT2D eigenvalue weighted by Gasteiger charge is -2.29. The first-order valence-electron chi connectivity index (χ1n) is 6.60. The standard InChI is InChI=1S/C13H25NO/c1-10-4-3-5-12(10)9-14-13-6-7-15-11(2)8-13/h10-14H,3-9H2,1-2H3. The second-order valence-corrected chi connectivity index (χ2v) is 5.48. The zero-order valence-corrected chi connectivity index (χ0v) is 10.2. The SMILES string of the molecule is CC1CC(NCC2CCCC2C)CCO1. The summed E-state index contributed by atoms with van der Waals surface area (Å²) >= 11 is 0. The van der Waals surface area contributed by atoms with Gasteiger partial charge in [-0.05, 0) is 44.6 Å². The van der Waals surface area contributed by atoms with Crippen molar-refractivity contribution in [3.8, 4) is 0 Å². The molecule has 2 aliphatic rings. The summed E-state index contributed by atoms with van der Waals surface area (Å²) in [7, 11) is 0. The Morgan fingerprint density at radius 3 is 2.73 bits per heavy atom. The van der Waals surface area contributed by atoms with Gasteiger partial charge in [-0.25, -0.2) is 0 Å². The average Bonchev–Trinajstić information content (AvgIpc) is 2.61. The van der Waals surface area contributed by atoms with Gasteiger partial charge in [0.25, 0.3) is 0 Å². The molecule has 0 bridgehead atoms. The van der Waals surface area contributed by atoms with E-state index in [1.54, 1.807) is 0 Å². The van der Waals surface area contributed by atoms with Gasteiger partial charge in [-0.2, -0.15) is 0 Å². The van der Waals surface area contributed by atoms with E-state index < -0.39 is 0 Å². The van der Waals surface area contributed by atoms with Crippen molar-refractivity contribution in [3.63, 3.8) is 0 Å². The van der Waals surface area contributed by atoms with Gasteiger partial charge in [0.05, 0.1) is 6.10 Å². The summed E-state index contributed by atoms with van der Waals surface area (Å²) in [5.41, 5.74) is 0. The maximum Gasteiger partial charge on any atom is 0.0561 e. The molecule has 0 amide bonds. The summed E-state index contributed by atoms with van der Waals surface area (Å²) in [4.78, 5) is 0. The second-order valence-electron chi connectivity index (χ2n) is 5.48. The fraction of sp³-hybridized carbons (Fsp3) is 1.00. The molecule has 1 saturated heterocycles. The van der Waals surface area contributed by atoms with Crippen LogP contribution < -0.4 is 5.32 Å². The van der Waals surface area contributed by atoms with Crippen molar-refractivity contribution in [2.75, 3.05) is 13.2 Å². The molecule has 2 nitrogen and oxygen atoms in total. The normalized spacial score (nSPS) is 42.0. The minimum Gasteiger partial charge on any atom is -0.378 e. The smallest absolute Gasteiger partial charge is 0.0561 e. The van der Waals surface area contributed by atoms with Crippen molar-refractivity contribution in [1.29, 1.82) is 0 Å². The molecule has 88 valence electrons. The first-order chi connectivity index (χ1) is 7.25. The van der Waals surface area contributed by atoms with E-state index in [0.717, 1.165) is 18.4 Å². The van der Waals surface area contributed by atoms with E-state index in [1.165, 1.54) is 38.6 Å². The van der Waals surface area contributed by atoms with Crippen LogP contribution in [-0.2, 0) is 4.74 Å². The summed E-state index contributed by atoms with van der Waals surface area (Å²) < 4.78 is 5.56. The van der Waals surface area contributed by atoms with Crippen LogP contribution in [0.2, 0.25) is 0 Å². The van der Waals surface area contributed by atoms with E-state index in [9.17, 15) is 0 Å². The number of hydrogen-bond donors (Lipinski definition) is 1. The van der Waals surface area contributed by atoms with Gasteiger partial charge in [-0.15, -0.1) is 0 Å². The first-order valence-corrected chi connectivity index (χ1v) is 6.60. The van der Waals surface area contributed by atoms with Crippen LogP contribution in [0.15, 0.2) is 0 Å². The maximum atomic E-state index is 5.56. The van der Waals surface area contributed by atoms with E-state index in [-0.39, 0.29) is 0 Å². The molecule has 1 heterocycles. The number of hydrogen-bond acceptors (Lipinski definition) is 2. The van der Waals surface area contributed by atoms with Crippen molar-refractivity contribution < 1.29 is 4.74 Å². The zero-order chi connectivity index (χ0) is 10.7. The molecular formula is C13H25NO. The molecule has 15 heavy (non-hydrogen) atoms. The number of ether oxygens (including phenoxy) is 1. The lowest BCUT2D eigenvalue weighted by molar-refractivity contribution is 0.0125. The van der Waals surface area contributed by atoms with Gasteiger partial charge in [0.15, 0.2) is 0 Å². The maximum absolute atomic E-state index is 5.56. The molecule has 4 atom stereocenters. The van der Waals surface area contributed by atoms with Crippen molar-refractivity contribution >= 4 is 0 Å². The van der Waals surface area contributed by atoms with Crippen molar-refractivity contribution in [2.45, 2.75) is 58.1 Å². The molecule has 2 fully saturated rings. The van der Waals surface area contributed by atoms with E-state index in [4.69, 9.17) is 4.74 Å². The van der Waals surface area contributed by atoms with E-state index in [0.29, 0.717) is 12.1 Å². The minimum absolute atomic E-state index is 0.456. The molecule has 0 spiro atoms. The van der Waals surface area contributed by atoms with E-state index in [1.807, 2.05) is 0 Å². The molecule has 1 aliphatic carbocycles. The van der Waals surface area contributed by atoms with Gasteiger partial charge in [0.2, 0.25) is 0 Å². The quantitative estimate of drug-likeness (QED) is 0.774. The molecule has 0 radical (unpaired) electrons. The summed E-state index contributed by atoms with van der Waals surface area (Å²) in [6.07, 6.45) is 7.17. The Morgan fingerprint density at radius 2 is 2.07 bits per heavy atom. The highest BCUT2D eigenvalue weighted by Gasteiger charge is 2.25. The van der Waals surface area contributed by atoms with Gasteiger partial charge >= 0.3 is 0 Å². The highest BCUT2D eigenvalue weighted by atomic mass is 16.5. The third-order valence-electron chi connectivity index (χ3n) is 4.19. The molecule has 1 saturated carbocycles. The van der Waals surface area contributed by atoms with Crippen molar-refractivity contribution in [3.05, 3.63) is 0 Å². The highest BCUT2D eigenvalue weighted by molar-refractivity contribution is 4.80. The molecule has 1 aliphatic heterocycles. The number of rotatable bonds is 3. The highest BCUT2D eigenvalue weighted by Crippen LogP contribution is 2.30. The molecule has 2 heteroatoms. The van der Waals surface area contributed by atoms with Crippen LogP contribution in [0.4, 0.5) is 0 Å². The Bertz CT molecular complexity index is 195. The van der Waals surface area contributed by atoms with Crippen molar-refractivity contribution in [1.82, 2.24) is 5.32 Å². The third kappa shape index (κ3) is 3.18. The van der Waals surface area contributed by atoms with Crippen LogP contribution in [0.1, 0.15) is 46.0 Å².